The van der Waals surface area contributed by atoms with Crippen LogP contribution < -0.4 is 5.32 Å². The second-order valence-corrected chi connectivity index (χ2v) is 6.95. The predicted molar refractivity (Wildman–Crippen MR) is 113 cm³/mol. The molecule has 144 valence electrons. The average Bonchev–Trinajstić information content (AvgIpc) is 3.18. The third-order valence-corrected chi connectivity index (χ3v) is 4.57. The maximum Gasteiger partial charge on any atom is 0.337 e. The number of nitrogens with zero attached hydrogens (tertiary/aromatic N) is 3. The van der Waals surface area contributed by atoms with Crippen molar-refractivity contribution in [3.8, 4) is 11.3 Å². The Morgan fingerprint density at radius 2 is 1.86 bits per heavy atom. The largest absolute Gasteiger partial charge is 0.465 e. The van der Waals surface area contributed by atoms with Crippen molar-refractivity contribution in [3.05, 3.63) is 65.9 Å². The maximum atomic E-state index is 11.5. The summed E-state index contributed by atoms with van der Waals surface area (Å²) in [6, 6.07) is 15.3. The summed E-state index contributed by atoms with van der Waals surface area (Å²) in [7, 11) is 1.36. The molecule has 1 N–H and O–H groups in total. The van der Waals surface area contributed by atoms with Gasteiger partial charge in [-0.15, -0.1) is 5.10 Å². The molecule has 0 saturated heterocycles. The number of aryl methyl sites for hydroxylation is 2. The number of hydrogen-bond donors (Lipinski definition) is 1. The molecule has 6 nitrogen and oxygen atoms in total. The molecule has 0 unspecified atom stereocenters. The zero-order valence-electron chi connectivity index (χ0n) is 15.9. The number of hydrogen-bond acceptors (Lipinski definition) is 5. The Balaban J connectivity index is 1.50. The molecular weight excluding hydrogens is 372 g/mol. The third kappa shape index (κ3) is 5.23. The molecule has 7 heteroatoms. The number of thiocarbonyl (C=S) groups is 1. The number of aromatic nitrogens is 3. The van der Waals surface area contributed by atoms with Crippen LogP contribution in [0.25, 0.3) is 11.3 Å². The minimum Gasteiger partial charge on any atom is -0.465 e. The summed E-state index contributed by atoms with van der Waals surface area (Å²) >= 11 is 5.42. The number of benzene rings is 2. The number of methoxy groups -OCH3 is 1. The lowest BCUT2D eigenvalue weighted by Crippen LogP contribution is -2.10. The fourth-order valence-corrected chi connectivity index (χ4v) is 2.96. The monoisotopic (exact) mass is 394 g/mol. The molecule has 3 aromatic rings. The lowest BCUT2D eigenvalue weighted by atomic mass is 10.1. The quantitative estimate of drug-likeness (QED) is 0.477. The van der Waals surface area contributed by atoms with Crippen LogP contribution in [0.5, 0.6) is 0 Å². The Kier molecular flexibility index (Phi) is 6.49. The third-order valence-electron chi connectivity index (χ3n) is 4.27. The molecule has 0 bridgehead atoms. The van der Waals surface area contributed by atoms with Gasteiger partial charge >= 0.3 is 5.97 Å². The zero-order chi connectivity index (χ0) is 19.9. The van der Waals surface area contributed by atoms with Gasteiger partial charge in [0.25, 0.3) is 0 Å². The molecule has 3 rings (SSSR count). The Labute approximate surface area is 169 Å². The van der Waals surface area contributed by atoms with Gasteiger partial charge in [0.1, 0.15) is 5.69 Å². The van der Waals surface area contributed by atoms with Crippen molar-refractivity contribution in [2.45, 2.75) is 26.3 Å². The van der Waals surface area contributed by atoms with Gasteiger partial charge in [-0.3, -0.25) is 4.68 Å². The maximum absolute atomic E-state index is 11.5. The van der Waals surface area contributed by atoms with Crippen LogP contribution in [0.1, 0.15) is 28.8 Å². The molecule has 0 radical (unpaired) electrons. The van der Waals surface area contributed by atoms with E-state index < -0.39 is 0 Å². The Bertz CT molecular complexity index is 949. The standard InChI is InChI=1S/C21H22N4O2S/c1-15-5-11-18(12-6-15)22-20(28)4-3-13-25-14-19(23-24-25)16-7-9-17(10-8-16)21(26)27-2/h5-12,14H,3-4,13H2,1-2H3,(H,22,28). The second kappa shape index (κ2) is 9.23. The fourth-order valence-electron chi connectivity index (χ4n) is 2.70. The van der Waals surface area contributed by atoms with Crippen LogP contribution in [0, 0.1) is 6.92 Å². The van der Waals surface area contributed by atoms with Gasteiger partial charge in [0.15, 0.2) is 0 Å². The fraction of sp³-hybridized carbons (Fsp3) is 0.238. The van der Waals surface area contributed by atoms with E-state index >= 15 is 0 Å². The van der Waals surface area contributed by atoms with Gasteiger partial charge in [-0.2, -0.15) is 0 Å². The summed E-state index contributed by atoms with van der Waals surface area (Å²) in [5.74, 6) is -0.356. The molecule has 0 aliphatic carbocycles. The van der Waals surface area contributed by atoms with E-state index in [4.69, 9.17) is 17.0 Å². The van der Waals surface area contributed by atoms with Crippen LogP contribution in [0.2, 0.25) is 0 Å². The van der Waals surface area contributed by atoms with Gasteiger partial charge in [0.2, 0.25) is 0 Å². The molecule has 0 aliphatic heterocycles. The van der Waals surface area contributed by atoms with E-state index in [0.29, 0.717) is 5.56 Å². The van der Waals surface area contributed by atoms with Crippen molar-refractivity contribution >= 4 is 28.9 Å². The van der Waals surface area contributed by atoms with Crippen LogP contribution in [-0.2, 0) is 11.3 Å². The van der Waals surface area contributed by atoms with Crippen molar-refractivity contribution in [1.82, 2.24) is 15.0 Å². The summed E-state index contributed by atoms with van der Waals surface area (Å²) in [5.41, 5.74) is 4.40. The molecule has 0 amide bonds. The summed E-state index contributed by atoms with van der Waals surface area (Å²) in [6.07, 6.45) is 3.53. The van der Waals surface area contributed by atoms with Gasteiger partial charge < -0.3 is 10.1 Å². The number of esters is 1. The van der Waals surface area contributed by atoms with Crippen molar-refractivity contribution in [1.29, 1.82) is 0 Å². The first-order valence-corrected chi connectivity index (χ1v) is 9.41. The zero-order valence-corrected chi connectivity index (χ0v) is 16.7. The van der Waals surface area contributed by atoms with E-state index in [0.717, 1.165) is 41.3 Å². The normalized spacial score (nSPS) is 10.5. The van der Waals surface area contributed by atoms with E-state index in [1.54, 1.807) is 16.8 Å². The van der Waals surface area contributed by atoms with Crippen molar-refractivity contribution in [2.75, 3.05) is 12.4 Å². The molecule has 28 heavy (non-hydrogen) atoms. The minimum absolute atomic E-state index is 0.356. The summed E-state index contributed by atoms with van der Waals surface area (Å²) in [4.78, 5) is 12.3. The molecule has 1 aromatic heterocycles. The van der Waals surface area contributed by atoms with Gasteiger partial charge in [-0.05, 0) is 44.0 Å². The van der Waals surface area contributed by atoms with Crippen molar-refractivity contribution in [3.63, 3.8) is 0 Å². The molecule has 1 heterocycles. The van der Waals surface area contributed by atoms with Crippen molar-refractivity contribution < 1.29 is 9.53 Å². The number of nitrogens with one attached hydrogen (secondary N) is 1. The molecular formula is C21H22N4O2S. The summed E-state index contributed by atoms with van der Waals surface area (Å²) in [6.45, 7) is 2.78. The number of carbonyl (C=O) groups is 1. The highest BCUT2D eigenvalue weighted by Crippen LogP contribution is 2.17. The molecule has 0 spiro atoms. The molecule has 0 fully saturated rings. The number of anilines is 1. The lowest BCUT2D eigenvalue weighted by molar-refractivity contribution is 0.0601. The highest BCUT2D eigenvalue weighted by molar-refractivity contribution is 7.80. The van der Waals surface area contributed by atoms with E-state index in [1.165, 1.54) is 12.7 Å². The Morgan fingerprint density at radius 3 is 2.54 bits per heavy atom. The Hall–Kier alpha value is -3.06. The minimum atomic E-state index is -0.356. The van der Waals surface area contributed by atoms with Gasteiger partial charge in [-0.25, -0.2) is 4.79 Å². The topological polar surface area (TPSA) is 69.0 Å². The van der Waals surface area contributed by atoms with E-state index in [9.17, 15) is 4.79 Å². The van der Waals surface area contributed by atoms with Crippen LogP contribution in [-0.4, -0.2) is 33.1 Å². The first-order valence-electron chi connectivity index (χ1n) is 9.00. The SMILES string of the molecule is COC(=O)c1ccc(-c2cn(CCCC(=S)Nc3ccc(C)cc3)nn2)cc1. The predicted octanol–water partition coefficient (Wildman–Crippen LogP) is 4.26. The van der Waals surface area contributed by atoms with Gasteiger partial charge in [-0.1, -0.05) is 47.3 Å². The molecule has 0 aliphatic rings. The van der Waals surface area contributed by atoms with E-state index in [-0.39, 0.29) is 5.97 Å². The van der Waals surface area contributed by atoms with Crippen LogP contribution in [0.4, 0.5) is 5.69 Å². The number of ether oxygens (including phenoxy) is 1. The number of rotatable bonds is 7. The first-order chi connectivity index (χ1) is 13.5. The summed E-state index contributed by atoms with van der Waals surface area (Å²) in [5, 5.41) is 11.6. The lowest BCUT2D eigenvalue weighted by Gasteiger charge is -2.08. The smallest absolute Gasteiger partial charge is 0.337 e. The van der Waals surface area contributed by atoms with E-state index in [1.807, 2.05) is 30.5 Å². The first kappa shape index (κ1) is 19.7. The number of carbonyl (C=O) groups excluding carboxylic acids is 1. The van der Waals surface area contributed by atoms with Crippen LogP contribution >= 0.6 is 12.2 Å². The van der Waals surface area contributed by atoms with Crippen molar-refractivity contribution in [2.24, 2.45) is 0 Å². The highest BCUT2D eigenvalue weighted by Gasteiger charge is 2.08. The van der Waals surface area contributed by atoms with E-state index in [2.05, 4.69) is 34.7 Å². The molecule has 0 atom stereocenters. The summed E-state index contributed by atoms with van der Waals surface area (Å²) < 4.78 is 6.51. The second-order valence-electron chi connectivity index (χ2n) is 6.45. The van der Waals surface area contributed by atoms with Gasteiger partial charge in [0, 0.05) is 17.8 Å². The van der Waals surface area contributed by atoms with Crippen LogP contribution in [0.15, 0.2) is 54.7 Å². The van der Waals surface area contributed by atoms with Crippen LogP contribution in [0.3, 0.4) is 0 Å². The van der Waals surface area contributed by atoms with Gasteiger partial charge in [0.05, 0.1) is 23.9 Å². The molecule has 2 aromatic carbocycles. The Morgan fingerprint density at radius 1 is 1.14 bits per heavy atom. The molecule has 0 saturated carbocycles. The highest BCUT2D eigenvalue weighted by atomic mass is 32.1. The average molecular weight is 395 g/mol.